The molecule has 0 aromatic rings. The van der Waals surface area contributed by atoms with Crippen LogP contribution in [0.3, 0.4) is 0 Å². The third kappa shape index (κ3) is 11.3. The van der Waals surface area contributed by atoms with Crippen molar-refractivity contribution in [2.75, 3.05) is 6.54 Å². The molecule has 0 radical (unpaired) electrons. The number of aliphatic imine (C=N–C) groups is 1. The van der Waals surface area contributed by atoms with Gasteiger partial charge >= 0.3 is 0 Å². The zero-order chi connectivity index (χ0) is 13.1. The highest BCUT2D eigenvalue weighted by Crippen LogP contribution is 2.07. The molecule has 100 valence electrons. The third-order valence-corrected chi connectivity index (χ3v) is 2.63. The van der Waals surface area contributed by atoms with E-state index in [4.69, 9.17) is 5.73 Å². The Morgan fingerprint density at radius 1 is 1.29 bits per heavy atom. The van der Waals surface area contributed by atoms with Crippen LogP contribution in [0, 0.1) is 5.92 Å². The number of nitrogens with zero attached hydrogens (tertiary/aromatic N) is 1. The van der Waals surface area contributed by atoms with Crippen molar-refractivity contribution in [3.05, 3.63) is 12.2 Å². The van der Waals surface area contributed by atoms with Crippen molar-refractivity contribution < 1.29 is 0 Å². The van der Waals surface area contributed by atoms with Gasteiger partial charge in [-0.05, 0) is 32.6 Å². The number of nitrogens with two attached hydrogens (primary N) is 1. The SMILES string of the molecule is C/C=C/CCN=C(N)NC(C)CCCC(C)C. The summed E-state index contributed by atoms with van der Waals surface area (Å²) in [4.78, 5) is 4.28. The van der Waals surface area contributed by atoms with Gasteiger partial charge in [0.15, 0.2) is 5.96 Å². The second-order valence-electron chi connectivity index (χ2n) is 4.99. The van der Waals surface area contributed by atoms with Crippen molar-refractivity contribution in [3.63, 3.8) is 0 Å². The molecule has 0 aromatic carbocycles. The van der Waals surface area contributed by atoms with Gasteiger partial charge in [-0.15, -0.1) is 0 Å². The fraction of sp³-hybridized carbons (Fsp3) is 0.786. The second-order valence-corrected chi connectivity index (χ2v) is 4.99. The number of hydrogen-bond donors (Lipinski definition) is 2. The minimum Gasteiger partial charge on any atom is -0.370 e. The molecule has 3 N–H and O–H groups in total. The van der Waals surface area contributed by atoms with Crippen molar-refractivity contribution in [1.29, 1.82) is 0 Å². The summed E-state index contributed by atoms with van der Waals surface area (Å²) in [6.07, 6.45) is 8.78. The Morgan fingerprint density at radius 2 is 2.00 bits per heavy atom. The van der Waals surface area contributed by atoms with Crippen LogP contribution < -0.4 is 11.1 Å². The van der Waals surface area contributed by atoms with E-state index in [1.54, 1.807) is 0 Å². The molecular weight excluding hydrogens is 210 g/mol. The molecular formula is C14H29N3. The largest absolute Gasteiger partial charge is 0.370 e. The van der Waals surface area contributed by atoms with Crippen LogP contribution in [0.4, 0.5) is 0 Å². The lowest BCUT2D eigenvalue weighted by Gasteiger charge is -2.14. The standard InChI is InChI=1S/C14H29N3/c1-5-6-7-11-16-14(15)17-13(4)10-8-9-12(2)3/h5-6,12-13H,7-11H2,1-4H3,(H3,15,16,17)/b6-5+. The van der Waals surface area contributed by atoms with Crippen molar-refractivity contribution >= 4 is 5.96 Å². The molecule has 0 bridgehead atoms. The van der Waals surface area contributed by atoms with E-state index in [9.17, 15) is 0 Å². The smallest absolute Gasteiger partial charge is 0.188 e. The Bertz CT molecular complexity index is 232. The lowest BCUT2D eigenvalue weighted by molar-refractivity contribution is 0.493. The van der Waals surface area contributed by atoms with Crippen LogP contribution in [0.15, 0.2) is 17.1 Å². The minimum atomic E-state index is 0.416. The molecule has 0 saturated carbocycles. The number of allylic oxidation sites excluding steroid dienone is 1. The van der Waals surface area contributed by atoms with Crippen LogP contribution in [0.2, 0.25) is 0 Å². The molecule has 3 nitrogen and oxygen atoms in total. The first-order valence-electron chi connectivity index (χ1n) is 6.73. The number of hydrogen-bond acceptors (Lipinski definition) is 1. The minimum absolute atomic E-state index is 0.416. The van der Waals surface area contributed by atoms with Crippen molar-refractivity contribution in [2.24, 2.45) is 16.6 Å². The fourth-order valence-electron chi connectivity index (χ4n) is 1.63. The third-order valence-electron chi connectivity index (χ3n) is 2.63. The lowest BCUT2D eigenvalue weighted by Crippen LogP contribution is -2.38. The first-order valence-corrected chi connectivity index (χ1v) is 6.73. The molecule has 0 heterocycles. The average Bonchev–Trinajstić information content (AvgIpc) is 2.23. The van der Waals surface area contributed by atoms with Crippen molar-refractivity contribution in [1.82, 2.24) is 5.32 Å². The maximum absolute atomic E-state index is 5.80. The topological polar surface area (TPSA) is 50.4 Å². The van der Waals surface area contributed by atoms with Crippen LogP contribution in [-0.4, -0.2) is 18.5 Å². The van der Waals surface area contributed by atoms with E-state index in [1.165, 1.54) is 12.8 Å². The summed E-state index contributed by atoms with van der Waals surface area (Å²) in [5, 5.41) is 3.23. The highest BCUT2D eigenvalue weighted by Gasteiger charge is 2.03. The number of nitrogens with one attached hydrogen (secondary N) is 1. The van der Waals surface area contributed by atoms with E-state index in [0.717, 1.165) is 25.3 Å². The van der Waals surface area contributed by atoms with Crippen molar-refractivity contribution in [2.45, 2.75) is 59.4 Å². The van der Waals surface area contributed by atoms with Gasteiger partial charge in [0.25, 0.3) is 0 Å². The zero-order valence-electron chi connectivity index (χ0n) is 11.9. The predicted octanol–water partition coefficient (Wildman–Crippen LogP) is 3.07. The van der Waals surface area contributed by atoms with Crippen LogP contribution in [0.1, 0.15) is 53.4 Å². The first-order chi connectivity index (χ1) is 8.06. The Kier molecular flexibility index (Phi) is 9.59. The van der Waals surface area contributed by atoms with Gasteiger partial charge in [-0.3, -0.25) is 4.99 Å². The van der Waals surface area contributed by atoms with Gasteiger partial charge in [0.05, 0.1) is 0 Å². The highest BCUT2D eigenvalue weighted by molar-refractivity contribution is 5.78. The van der Waals surface area contributed by atoms with Gasteiger partial charge in [-0.25, -0.2) is 0 Å². The van der Waals surface area contributed by atoms with E-state index in [1.807, 2.05) is 13.0 Å². The Morgan fingerprint density at radius 3 is 2.59 bits per heavy atom. The Hall–Kier alpha value is -0.990. The molecule has 17 heavy (non-hydrogen) atoms. The van der Waals surface area contributed by atoms with Crippen LogP contribution in [0.25, 0.3) is 0 Å². The number of rotatable bonds is 8. The summed E-state index contributed by atoms with van der Waals surface area (Å²) in [6, 6.07) is 0.416. The number of guanidine groups is 1. The quantitative estimate of drug-likeness (QED) is 0.296. The molecule has 1 atom stereocenters. The summed E-state index contributed by atoms with van der Waals surface area (Å²) >= 11 is 0. The van der Waals surface area contributed by atoms with E-state index in [-0.39, 0.29) is 0 Å². The van der Waals surface area contributed by atoms with E-state index in [0.29, 0.717) is 12.0 Å². The van der Waals surface area contributed by atoms with Gasteiger partial charge < -0.3 is 11.1 Å². The molecule has 0 aliphatic carbocycles. The van der Waals surface area contributed by atoms with Crippen LogP contribution >= 0.6 is 0 Å². The van der Waals surface area contributed by atoms with Gasteiger partial charge in [0.2, 0.25) is 0 Å². The predicted molar refractivity (Wildman–Crippen MR) is 77.2 cm³/mol. The maximum Gasteiger partial charge on any atom is 0.188 e. The summed E-state index contributed by atoms with van der Waals surface area (Å²) < 4.78 is 0. The van der Waals surface area contributed by atoms with Gasteiger partial charge in [-0.2, -0.15) is 0 Å². The van der Waals surface area contributed by atoms with Crippen molar-refractivity contribution in [3.8, 4) is 0 Å². The average molecular weight is 239 g/mol. The molecule has 0 aliphatic rings. The Balaban J connectivity index is 3.67. The van der Waals surface area contributed by atoms with E-state index >= 15 is 0 Å². The second kappa shape index (κ2) is 10.2. The van der Waals surface area contributed by atoms with Gasteiger partial charge in [0, 0.05) is 12.6 Å². The molecule has 0 aromatic heterocycles. The summed E-state index contributed by atoms with van der Waals surface area (Å²) in [7, 11) is 0. The fourth-order valence-corrected chi connectivity index (χ4v) is 1.63. The lowest BCUT2D eigenvalue weighted by atomic mass is 10.0. The van der Waals surface area contributed by atoms with E-state index in [2.05, 4.69) is 37.2 Å². The molecule has 0 rings (SSSR count). The van der Waals surface area contributed by atoms with Crippen LogP contribution in [-0.2, 0) is 0 Å². The summed E-state index contributed by atoms with van der Waals surface area (Å²) in [5.41, 5.74) is 5.80. The molecule has 1 unspecified atom stereocenters. The zero-order valence-corrected chi connectivity index (χ0v) is 11.9. The summed E-state index contributed by atoms with van der Waals surface area (Å²) in [6.45, 7) is 9.46. The van der Waals surface area contributed by atoms with E-state index < -0.39 is 0 Å². The monoisotopic (exact) mass is 239 g/mol. The summed E-state index contributed by atoms with van der Waals surface area (Å²) in [5.74, 6) is 1.36. The van der Waals surface area contributed by atoms with Gasteiger partial charge in [0.1, 0.15) is 0 Å². The highest BCUT2D eigenvalue weighted by atomic mass is 15.1. The molecule has 0 aliphatic heterocycles. The normalized spacial score (nSPS) is 14.5. The molecule has 0 saturated heterocycles. The molecule has 3 heteroatoms. The molecule has 0 amide bonds. The molecule has 0 fully saturated rings. The van der Waals surface area contributed by atoms with Crippen LogP contribution in [0.5, 0.6) is 0 Å². The Labute approximate surface area is 107 Å². The van der Waals surface area contributed by atoms with Gasteiger partial charge in [-0.1, -0.05) is 38.8 Å². The maximum atomic E-state index is 5.80. The molecule has 0 spiro atoms. The first kappa shape index (κ1) is 16.0.